The van der Waals surface area contributed by atoms with Crippen molar-refractivity contribution < 1.29 is 9.47 Å². The summed E-state index contributed by atoms with van der Waals surface area (Å²) in [5.41, 5.74) is 0. The third-order valence-corrected chi connectivity index (χ3v) is 4.88. The van der Waals surface area contributed by atoms with Crippen molar-refractivity contribution >= 4 is 23.2 Å². The molecule has 2 aliphatic rings. The lowest BCUT2D eigenvalue weighted by atomic mass is 10.1. The maximum atomic E-state index is 7.80. The molecule has 0 aromatic carbocycles. The van der Waals surface area contributed by atoms with Crippen LogP contribution in [0.5, 0.6) is 0 Å². The third kappa shape index (κ3) is 4.15. The summed E-state index contributed by atoms with van der Waals surface area (Å²) in [5, 5.41) is 11.1. The van der Waals surface area contributed by atoms with Crippen molar-refractivity contribution in [3.63, 3.8) is 0 Å². The van der Waals surface area contributed by atoms with Gasteiger partial charge < -0.3 is 14.8 Å². The van der Waals surface area contributed by atoms with Crippen LogP contribution in [0.3, 0.4) is 0 Å². The number of nitrogens with one attached hydrogen (secondary N) is 2. The van der Waals surface area contributed by atoms with E-state index in [1.54, 1.807) is 11.3 Å². The van der Waals surface area contributed by atoms with Crippen molar-refractivity contribution in [3.8, 4) is 0 Å². The fraction of sp³-hybridized carbons (Fsp3) is 0.562. The first-order chi connectivity index (χ1) is 10.3. The first-order valence-corrected chi connectivity index (χ1v) is 8.46. The van der Waals surface area contributed by atoms with Crippen molar-refractivity contribution in [3.05, 3.63) is 28.0 Å². The van der Waals surface area contributed by atoms with Crippen LogP contribution in [-0.2, 0) is 9.47 Å². The molecule has 0 spiro atoms. The Kier molecular flexibility index (Phi) is 5.06. The zero-order chi connectivity index (χ0) is 14.5. The molecule has 1 atom stereocenters. The average Bonchev–Trinajstić information content (AvgIpc) is 3.10. The molecule has 2 saturated heterocycles. The molecular weight excluding hydrogens is 284 g/mol. The molecule has 1 aromatic heterocycles. The Balaban J connectivity index is 1.52. The lowest BCUT2D eigenvalue weighted by Crippen LogP contribution is -2.31. The van der Waals surface area contributed by atoms with Gasteiger partial charge in [0.25, 0.3) is 0 Å². The number of thiophene rings is 1. The van der Waals surface area contributed by atoms with Gasteiger partial charge in [0.05, 0.1) is 23.9 Å². The Hall–Kier alpha value is -1.17. The first kappa shape index (κ1) is 14.8. The summed E-state index contributed by atoms with van der Waals surface area (Å²) in [6, 6.07) is 4.61. The van der Waals surface area contributed by atoms with Crippen LogP contribution in [0.25, 0.3) is 6.08 Å². The maximum absolute atomic E-state index is 7.80. The smallest absolute Gasteiger partial charge is 0.193 e. The number of hydrogen-bond donors (Lipinski definition) is 2. The summed E-state index contributed by atoms with van der Waals surface area (Å²) < 4.78 is 11.0. The molecule has 2 fully saturated rings. The summed E-state index contributed by atoms with van der Waals surface area (Å²) in [6.45, 7) is 1.38. The molecule has 0 saturated carbocycles. The van der Waals surface area contributed by atoms with Gasteiger partial charge in [-0.2, -0.15) is 0 Å². The van der Waals surface area contributed by atoms with Crippen molar-refractivity contribution in [2.24, 2.45) is 0 Å². The Labute approximate surface area is 129 Å². The second-order valence-electron chi connectivity index (χ2n) is 5.52. The van der Waals surface area contributed by atoms with Crippen LogP contribution in [0.15, 0.2) is 18.2 Å². The van der Waals surface area contributed by atoms with Crippen molar-refractivity contribution in [2.45, 2.75) is 44.4 Å². The van der Waals surface area contributed by atoms with E-state index < -0.39 is 0 Å². The molecule has 5 heteroatoms. The highest BCUT2D eigenvalue weighted by Crippen LogP contribution is 2.30. The van der Waals surface area contributed by atoms with E-state index in [4.69, 9.17) is 14.9 Å². The molecule has 114 valence electrons. The summed E-state index contributed by atoms with van der Waals surface area (Å²) in [7, 11) is 0. The second kappa shape index (κ2) is 7.20. The minimum atomic E-state index is -0.166. The van der Waals surface area contributed by atoms with Gasteiger partial charge in [-0.1, -0.05) is 12.5 Å². The molecule has 0 bridgehead atoms. The number of rotatable bonds is 4. The van der Waals surface area contributed by atoms with E-state index in [1.165, 1.54) is 11.3 Å². The van der Waals surface area contributed by atoms with Gasteiger partial charge in [0, 0.05) is 17.3 Å². The highest BCUT2D eigenvalue weighted by atomic mass is 32.1. The average molecular weight is 306 g/mol. The Morgan fingerprint density at radius 3 is 3.00 bits per heavy atom. The summed E-state index contributed by atoms with van der Waals surface area (Å²) in [4.78, 5) is 2.37. The van der Waals surface area contributed by atoms with Crippen LogP contribution < -0.4 is 5.32 Å². The largest absolute Gasteiger partial charge is 0.371 e. The van der Waals surface area contributed by atoms with Crippen molar-refractivity contribution in [1.29, 1.82) is 5.41 Å². The zero-order valence-electron chi connectivity index (χ0n) is 12.1. The molecule has 1 aromatic rings. The van der Waals surface area contributed by atoms with Gasteiger partial charge in [-0.15, -0.1) is 11.3 Å². The van der Waals surface area contributed by atoms with E-state index in [0.29, 0.717) is 25.1 Å². The number of amidine groups is 1. The first-order valence-electron chi connectivity index (χ1n) is 7.65. The Morgan fingerprint density at radius 1 is 1.29 bits per heavy atom. The van der Waals surface area contributed by atoms with Crippen LogP contribution in [-0.4, -0.2) is 25.1 Å². The standard InChI is InChI=1S/C16H22N2O2S/c17-15-7-2-1-4-12(18-15)5-3-6-13-8-9-14(21-13)16-19-10-11-20-16/h3,6,8-9,12,16H,1-2,4-5,7,10-11H2,(H2,17,18). The molecule has 4 nitrogen and oxygen atoms in total. The minimum absolute atomic E-state index is 0.166. The van der Waals surface area contributed by atoms with Crippen LogP contribution >= 0.6 is 11.3 Å². The Bertz CT molecular complexity index is 506. The number of hydrogen-bond acceptors (Lipinski definition) is 4. The van der Waals surface area contributed by atoms with E-state index in [-0.39, 0.29) is 6.29 Å². The highest BCUT2D eigenvalue weighted by Gasteiger charge is 2.19. The summed E-state index contributed by atoms with van der Waals surface area (Å²) in [5.74, 6) is 0.694. The van der Waals surface area contributed by atoms with E-state index >= 15 is 0 Å². The normalized spacial score (nSPS) is 24.4. The zero-order valence-corrected chi connectivity index (χ0v) is 13.0. The van der Waals surface area contributed by atoms with E-state index in [1.807, 2.05) is 0 Å². The molecule has 0 aliphatic carbocycles. The molecule has 3 heterocycles. The maximum Gasteiger partial charge on any atom is 0.193 e. The second-order valence-corrected chi connectivity index (χ2v) is 6.66. The van der Waals surface area contributed by atoms with Gasteiger partial charge in [-0.3, -0.25) is 5.41 Å². The molecule has 2 N–H and O–H groups in total. The van der Waals surface area contributed by atoms with Crippen molar-refractivity contribution in [1.82, 2.24) is 5.32 Å². The van der Waals surface area contributed by atoms with Crippen LogP contribution in [0.2, 0.25) is 0 Å². The fourth-order valence-corrected chi connectivity index (χ4v) is 3.66. The van der Waals surface area contributed by atoms with E-state index in [2.05, 4.69) is 29.6 Å². The molecule has 2 aliphatic heterocycles. The highest BCUT2D eigenvalue weighted by molar-refractivity contribution is 7.12. The van der Waals surface area contributed by atoms with Gasteiger partial charge in [-0.05, 0) is 37.5 Å². The monoisotopic (exact) mass is 306 g/mol. The lowest BCUT2D eigenvalue weighted by Gasteiger charge is -2.14. The molecule has 3 rings (SSSR count). The molecule has 21 heavy (non-hydrogen) atoms. The minimum Gasteiger partial charge on any atom is -0.371 e. The Morgan fingerprint density at radius 2 is 2.14 bits per heavy atom. The summed E-state index contributed by atoms with van der Waals surface area (Å²) in [6.07, 6.45) is 9.60. The summed E-state index contributed by atoms with van der Waals surface area (Å²) >= 11 is 1.72. The van der Waals surface area contributed by atoms with Crippen LogP contribution in [0.1, 0.15) is 48.1 Å². The van der Waals surface area contributed by atoms with Gasteiger partial charge in [0.15, 0.2) is 6.29 Å². The van der Waals surface area contributed by atoms with E-state index in [0.717, 1.165) is 30.6 Å². The molecule has 0 amide bonds. The fourth-order valence-electron chi connectivity index (χ4n) is 2.72. The quantitative estimate of drug-likeness (QED) is 0.891. The molecule has 1 unspecified atom stereocenters. The van der Waals surface area contributed by atoms with Gasteiger partial charge in [-0.25, -0.2) is 0 Å². The predicted molar refractivity (Wildman–Crippen MR) is 85.7 cm³/mol. The van der Waals surface area contributed by atoms with Gasteiger partial charge in [0.1, 0.15) is 0 Å². The number of ether oxygens (including phenoxy) is 2. The lowest BCUT2D eigenvalue weighted by molar-refractivity contribution is -0.0413. The van der Waals surface area contributed by atoms with Crippen LogP contribution in [0.4, 0.5) is 0 Å². The van der Waals surface area contributed by atoms with Crippen molar-refractivity contribution in [2.75, 3.05) is 13.2 Å². The van der Waals surface area contributed by atoms with E-state index in [9.17, 15) is 0 Å². The van der Waals surface area contributed by atoms with Gasteiger partial charge in [0.2, 0.25) is 0 Å². The third-order valence-electron chi connectivity index (χ3n) is 3.81. The molecule has 0 radical (unpaired) electrons. The van der Waals surface area contributed by atoms with Gasteiger partial charge >= 0.3 is 0 Å². The molecular formula is C16H22N2O2S. The predicted octanol–water partition coefficient (Wildman–Crippen LogP) is 3.71. The van der Waals surface area contributed by atoms with Crippen LogP contribution in [0, 0.1) is 5.41 Å². The SMILES string of the molecule is N=C1CCCCC(CC=Cc2ccc(C3OCCO3)s2)N1. The topological polar surface area (TPSA) is 54.3 Å².